The van der Waals surface area contributed by atoms with Crippen LogP contribution in [-0.4, -0.2) is 42.0 Å². The molecule has 1 amide bonds. The van der Waals surface area contributed by atoms with Gasteiger partial charge in [-0.2, -0.15) is 13.2 Å². The van der Waals surface area contributed by atoms with Crippen LogP contribution in [0.4, 0.5) is 19.0 Å². The van der Waals surface area contributed by atoms with Crippen LogP contribution in [0.25, 0.3) is 11.0 Å². The number of amides is 1. The lowest BCUT2D eigenvalue weighted by Crippen LogP contribution is -2.49. The van der Waals surface area contributed by atoms with E-state index in [2.05, 4.69) is 4.98 Å². The van der Waals surface area contributed by atoms with Crippen LogP contribution in [0, 0.1) is 0 Å². The fourth-order valence-electron chi connectivity index (χ4n) is 4.11. The fraction of sp³-hybridized carbons (Fsp3) is 0.231. The molecule has 0 saturated carbocycles. The number of carbonyl (C=O) groups is 1. The first-order valence-corrected chi connectivity index (χ1v) is 11.2. The van der Waals surface area contributed by atoms with Crippen LogP contribution in [0.2, 0.25) is 0 Å². The number of para-hydroxylation sites is 2. The Labute approximate surface area is 199 Å². The van der Waals surface area contributed by atoms with Crippen molar-refractivity contribution in [3.05, 3.63) is 89.8 Å². The summed E-state index contributed by atoms with van der Waals surface area (Å²) in [6.45, 7) is 1.84. The number of anilines is 1. The molecule has 6 nitrogen and oxygen atoms in total. The Bertz CT molecular complexity index is 1310. The average molecular weight is 481 g/mol. The van der Waals surface area contributed by atoms with Crippen molar-refractivity contribution in [2.45, 2.75) is 12.8 Å². The summed E-state index contributed by atoms with van der Waals surface area (Å²) in [4.78, 5) is 20.9. The maximum atomic E-state index is 13.4. The molecule has 5 rings (SSSR count). The maximum Gasteiger partial charge on any atom is 0.417 e. The summed E-state index contributed by atoms with van der Waals surface area (Å²) in [6.07, 6.45) is -3.59. The average Bonchev–Trinajstić information content (AvgIpc) is 3.26. The van der Waals surface area contributed by atoms with Crippen LogP contribution in [0.5, 0.6) is 5.75 Å². The van der Waals surface area contributed by atoms with E-state index in [1.807, 2.05) is 59.5 Å². The number of furan rings is 1. The van der Waals surface area contributed by atoms with Gasteiger partial charge in [0, 0.05) is 43.3 Å². The van der Waals surface area contributed by atoms with E-state index in [0.717, 1.165) is 17.6 Å². The van der Waals surface area contributed by atoms with Gasteiger partial charge in [0.1, 0.15) is 23.8 Å². The van der Waals surface area contributed by atoms with Gasteiger partial charge in [-0.05, 0) is 30.3 Å². The molecule has 1 saturated heterocycles. The number of carbonyl (C=O) groups excluding carboxylic acids is 1. The van der Waals surface area contributed by atoms with Crippen molar-refractivity contribution in [3.8, 4) is 5.75 Å². The number of aromatic nitrogens is 1. The molecule has 4 aromatic rings. The van der Waals surface area contributed by atoms with Crippen molar-refractivity contribution in [2.24, 2.45) is 0 Å². The first-order chi connectivity index (χ1) is 16.9. The van der Waals surface area contributed by atoms with Gasteiger partial charge in [0.25, 0.3) is 5.91 Å². The highest BCUT2D eigenvalue weighted by Gasteiger charge is 2.32. The van der Waals surface area contributed by atoms with Gasteiger partial charge in [-0.25, -0.2) is 4.98 Å². The normalized spacial score (nSPS) is 14.4. The smallest absolute Gasteiger partial charge is 0.417 e. The van der Waals surface area contributed by atoms with Crippen molar-refractivity contribution in [3.63, 3.8) is 0 Å². The van der Waals surface area contributed by atoms with Crippen LogP contribution < -0.4 is 9.64 Å². The molecule has 2 aromatic heterocycles. The molecular weight excluding hydrogens is 459 g/mol. The molecule has 9 heteroatoms. The highest BCUT2D eigenvalue weighted by atomic mass is 19.4. The predicted molar refractivity (Wildman–Crippen MR) is 124 cm³/mol. The van der Waals surface area contributed by atoms with E-state index in [1.54, 1.807) is 4.90 Å². The zero-order valence-electron chi connectivity index (χ0n) is 18.7. The number of halogens is 3. The van der Waals surface area contributed by atoms with Crippen LogP contribution in [-0.2, 0) is 12.8 Å². The summed E-state index contributed by atoms with van der Waals surface area (Å²) >= 11 is 0. The monoisotopic (exact) mass is 481 g/mol. The summed E-state index contributed by atoms with van der Waals surface area (Å²) in [7, 11) is 0. The Balaban J connectivity index is 1.31. The Morgan fingerprint density at radius 1 is 0.943 bits per heavy atom. The molecule has 180 valence electrons. The zero-order chi connectivity index (χ0) is 24.4. The van der Waals surface area contributed by atoms with E-state index in [-0.39, 0.29) is 18.3 Å². The minimum Gasteiger partial charge on any atom is -0.489 e. The van der Waals surface area contributed by atoms with Crippen LogP contribution in [0.1, 0.15) is 21.7 Å². The molecule has 0 spiro atoms. The summed E-state index contributed by atoms with van der Waals surface area (Å²) in [6, 6.07) is 19.2. The number of hydrogen-bond donors (Lipinski definition) is 0. The number of pyridine rings is 1. The topological polar surface area (TPSA) is 58.8 Å². The van der Waals surface area contributed by atoms with Gasteiger partial charge in [-0.15, -0.1) is 0 Å². The Kier molecular flexibility index (Phi) is 6.07. The van der Waals surface area contributed by atoms with Crippen LogP contribution >= 0.6 is 0 Å². The molecule has 35 heavy (non-hydrogen) atoms. The van der Waals surface area contributed by atoms with E-state index in [1.165, 1.54) is 6.07 Å². The molecular formula is C26H22F3N3O3. The molecule has 2 aromatic carbocycles. The second-order valence-corrected chi connectivity index (χ2v) is 8.19. The van der Waals surface area contributed by atoms with Crippen molar-refractivity contribution >= 4 is 22.7 Å². The Hall–Kier alpha value is -4.01. The SMILES string of the molecule is O=C(c1oc2ccccc2c1COc1ccccc1)N1CCN(c2ccc(C(F)(F)F)cn2)CC1. The molecule has 0 N–H and O–H groups in total. The van der Waals surface area contributed by atoms with Crippen molar-refractivity contribution in [2.75, 3.05) is 31.1 Å². The van der Waals surface area contributed by atoms with E-state index in [0.29, 0.717) is 48.9 Å². The summed E-state index contributed by atoms with van der Waals surface area (Å²) in [5.41, 5.74) is 0.501. The Morgan fingerprint density at radius 2 is 1.66 bits per heavy atom. The largest absolute Gasteiger partial charge is 0.489 e. The van der Waals surface area contributed by atoms with Gasteiger partial charge in [0.05, 0.1) is 5.56 Å². The molecule has 0 bridgehead atoms. The van der Waals surface area contributed by atoms with E-state index in [9.17, 15) is 18.0 Å². The number of benzene rings is 2. The minimum atomic E-state index is -4.43. The lowest BCUT2D eigenvalue weighted by atomic mass is 10.1. The van der Waals surface area contributed by atoms with Gasteiger partial charge >= 0.3 is 6.18 Å². The zero-order valence-corrected chi connectivity index (χ0v) is 18.7. The lowest BCUT2D eigenvalue weighted by molar-refractivity contribution is -0.137. The number of nitrogens with zero attached hydrogens (tertiary/aromatic N) is 3. The second kappa shape index (κ2) is 9.32. The third kappa shape index (κ3) is 4.80. The number of piperazine rings is 1. The molecule has 0 radical (unpaired) electrons. The number of hydrogen-bond acceptors (Lipinski definition) is 5. The summed E-state index contributed by atoms with van der Waals surface area (Å²) in [5.74, 6) is 1.13. The van der Waals surface area contributed by atoms with E-state index < -0.39 is 11.7 Å². The van der Waals surface area contributed by atoms with Crippen molar-refractivity contribution < 1.29 is 27.1 Å². The highest BCUT2D eigenvalue weighted by Crippen LogP contribution is 2.31. The fourth-order valence-corrected chi connectivity index (χ4v) is 4.11. The summed E-state index contributed by atoms with van der Waals surface area (Å²) < 4.78 is 50.3. The quantitative estimate of drug-likeness (QED) is 0.383. The van der Waals surface area contributed by atoms with Crippen LogP contribution in [0.15, 0.2) is 77.3 Å². The van der Waals surface area contributed by atoms with E-state index in [4.69, 9.17) is 9.15 Å². The van der Waals surface area contributed by atoms with Crippen LogP contribution in [0.3, 0.4) is 0 Å². The molecule has 0 unspecified atom stereocenters. The third-order valence-electron chi connectivity index (χ3n) is 5.98. The van der Waals surface area contributed by atoms with Gasteiger partial charge in [0.2, 0.25) is 0 Å². The summed E-state index contributed by atoms with van der Waals surface area (Å²) in [5, 5.41) is 0.819. The predicted octanol–water partition coefficient (Wildman–Crippen LogP) is 5.39. The number of rotatable bonds is 5. The first kappa shape index (κ1) is 22.8. The van der Waals surface area contributed by atoms with E-state index >= 15 is 0 Å². The third-order valence-corrected chi connectivity index (χ3v) is 5.98. The number of alkyl halides is 3. The van der Waals surface area contributed by atoms with Crippen molar-refractivity contribution in [1.82, 2.24) is 9.88 Å². The molecule has 0 atom stereocenters. The number of fused-ring (bicyclic) bond motifs is 1. The number of ether oxygens (including phenoxy) is 1. The maximum absolute atomic E-state index is 13.4. The molecule has 3 heterocycles. The highest BCUT2D eigenvalue weighted by molar-refractivity contribution is 5.99. The molecule has 0 aliphatic carbocycles. The molecule has 1 aliphatic heterocycles. The molecule has 1 aliphatic rings. The minimum absolute atomic E-state index is 0.178. The van der Waals surface area contributed by atoms with Gasteiger partial charge in [-0.1, -0.05) is 36.4 Å². The Morgan fingerprint density at radius 3 is 2.34 bits per heavy atom. The van der Waals surface area contributed by atoms with Crippen molar-refractivity contribution in [1.29, 1.82) is 0 Å². The van der Waals surface area contributed by atoms with Gasteiger partial charge in [-0.3, -0.25) is 4.79 Å². The lowest BCUT2D eigenvalue weighted by Gasteiger charge is -2.35. The van der Waals surface area contributed by atoms with Gasteiger partial charge in [0.15, 0.2) is 5.76 Å². The standard InChI is InChI=1S/C26H22F3N3O3/c27-26(28,29)18-10-11-23(30-16-18)31-12-14-32(15-13-31)25(33)24-21(17-34-19-6-2-1-3-7-19)20-8-4-5-9-22(20)35-24/h1-11,16H,12-15,17H2. The first-order valence-electron chi connectivity index (χ1n) is 11.2. The van der Waals surface area contributed by atoms with Gasteiger partial charge < -0.3 is 19.0 Å². The molecule has 1 fully saturated rings. The second-order valence-electron chi connectivity index (χ2n) is 8.19.